The predicted molar refractivity (Wildman–Crippen MR) is 88.7 cm³/mol. The molecule has 1 saturated heterocycles. The van der Waals surface area contributed by atoms with Gasteiger partial charge in [0.1, 0.15) is 11.5 Å². The van der Waals surface area contributed by atoms with Gasteiger partial charge in [-0.25, -0.2) is 4.39 Å². The van der Waals surface area contributed by atoms with Gasteiger partial charge < -0.3 is 14.7 Å². The van der Waals surface area contributed by atoms with E-state index in [4.69, 9.17) is 4.74 Å². The fourth-order valence-corrected chi connectivity index (χ4v) is 3.21. The Morgan fingerprint density at radius 1 is 1.28 bits per heavy atom. The van der Waals surface area contributed by atoms with E-state index >= 15 is 0 Å². The Bertz CT molecular complexity index is 696. The summed E-state index contributed by atoms with van der Waals surface area (Å²) in [4.78, 5) is 28.5. The van der Waals surface area contributed by atoms with E-state index in [-0.39, 0.29) is 37.1 Å². The lowest BCUT2D eigenvalue weighted by Gasteiger charge is -2.22. The van der Waals surface area contributed by atoms with Crippen molar-refractivity contribution in [2.45, 2.75) is 18.9 Å². The lowest BCUT2D eigenvalue weighted by Crippen LogP contribution is -2.39. The normalized spacial score (nSPS) is 20.8. The lowest BCUT2D eigenvalue weighted by atomic mass is 10.0. The summed E-state index contributed by atoms with van der Waals surface area (Å²) in [7, 11) is 1.65. The summed E-state index contributed by atoms with van der Waals surface area (Å²) in [5.41, 5.74) is 0.942. The molecule has 7 heteroatoms. The van der Waals surface area contributed by atoms with Crippen molar-refractivity contribution in [3.05, 3.63) is 41.3 Å². The molecule has 1 aromatic carbocycles. The maximum atomic E-state index is 13.2. The van der Waals surface area contributed by atoms with E-state index in [9.17, 15) is 19.1 Å². The summed E-state index contributed by atoms with van der Waals surface area (Å²) in [6.45, 7) is 0.909. The van der Waals surface area contributed by atoms with Gasteiger partial charge in [0.2, 0.25) is 0 Å². The van der Waals surface area contributed by atoms with E-state index in [1.54, 1.807) is 11.9 Å². The highest BCUT2D eigenvalue weighted by Crippen LogP contribution is 2.32. The Balaban J connectivity index is 1.96. The number of halogens is 1. The van der Waals surface area contributed by atoms with Crippen molar-refractivity contribution in [1.29, 1.82) is 0 Å². The minimum absolute atomic E-state index is 0.148. The monoisotopic (exact) mass is 348 g/mol. The number of nitrogens with zero attached hydrogens (tertiary/aromatic N) is 2. The maximum Gasteiger partial charge on any atom is 0.277 e. The first-order valence-electron chi connectivity index (χ1n) is 8.33. The molecule has 0 radical (unpaired) electrons. The second-order valence-corrected chi connectivity index (χ2v) is 6.23. The van der Waals surface area contributed by atoms with E-state index in [1.807, 2.05) is 0 Å². The molecular weight excluding hydrogens is 327 g/mol. The van der Waals surface area contributed by atoms with Gasteiger partial charge in [-0.05, 0) is 30.5 Å². The summed E-state index contributed by atoms with van der Waals surface area (Å²) >= 11 is 0. The molecule has 2 aliphatic rings. The second-order valence-electron chi connectivity index (χ2n) is 6.23. The first kappa shape index (κ1) is 17.6. The molecule has 2 amide bonds. The van der Waals surface area contributed by atoms with Gasteiger partial charge >= 0.3 is 0 Å². The molecule has 3 rings (SSSR count). The van der Waals surface area contributed by atoms with Crippen LogP contribution in [0.15, 0.2) is 30.0 Å². The van der Waals surface area contributed by atoms with Crippen molar-refractivity contribution < 1.29 is 23.8 Å². The van der Waals surface area contributed by atoms with Crippen molar-refractivity contribution in [2.75, 3.05) is 33.4 Å². The van der Waals surface area contributed by atoms with Crippen LogP contribution in [-0.4, -0.2) is 66.2 Å². The summed E-state index contributed by atoms with van der Waals surface area (Å²) < 4.78 is 18.8. The molecule has 1 unspecified atom stereocenters. The van der Waals surface area contributed by atoms with Crippen molar-refractivity contribution in [1.82, 2.24) is 9.80 Å². The topological polar surface area (TPSA) is 70.1 Å². The minimum Gasteiger partial charge on any atom is -0.395 e. The van der Waals surface area contributed by atoms with Gasteiger partial charge in [0, 0.05) is 20.2 Å². The predicted octanol–water partition coefficient (Wildman–Crippen LogP) is 1.01. The van der Waals surface area contributed by atoms with Crippen LogP contribution in [0.3, 0.4) is 0 Å². The number of rotatable bonds is 6. The average molecular weight is 348 g/mol. The number of carbonyl (C=O) groups excluding carboxylic acids is 2. The van der Waals surface area contributed by atoms with Gasteiger partial charge in [0.15, 0.2) is 0 Å². The Morgan fingerprint density at radius 3 is 2.60 bits per heavy atom. The number of likely N-dealkylation sites (N-methyl/N-ethyl adjacent to an activating group) is 1. The molecule has 134 valence electrons. The van der Waals surface area contributed by atoms with Gasteiger partial charge in [-0.15, -0.1) is 0 Å². The van der Waals surface area contributed by atoms with Crippen LogP contribution in [-0.2, 0) is 14.3 Å². The average Bonchev–Trinajstić information content (AvgIpc) is 3.18. The standard InChI is InChI=1S/C18H21FN2O4/c1-20(8-9-22)16-15(12-4-6-13(19)7-5-12)17(23)21(18(16)24)11-14-3-2-10-25-14/h4-7,14,22H,2-3,8-11H2,1H3. The Morgan fingerprint density at radius 2 is 2.00 bits per heavy atom. The molecule has 0 saturated carbocycles. The Hall–Kier alpha value is -2.25. The van der Waals surface area contributed by atoms with Gasteiger partial charge in [0.25, 0.3) is 11.8 Å². The summed E-state index contributed by atoms with van der Waals surface area (Å²) in [6, 6.07) is 5.48. The first-order valence-corrected chi connectivity index (χ1v) is 8.33. The van der Waals surface area contributed by atoms with Crippen molar-refractivity contribution in [3.8, 4) is 0 Å². The van der Waals surface area contributed by atoms with Gasteiger partial charge in [-0.1, -0.05) is 12.1 Å². The number of hydrogen-bond acceptors (Lipinski definition) is 5. The molecule has 25 heavy (non-hydrogen) atoms. The first-order chi connectivity index (χ1) is 12.0. The number of ether oxygens (including phenoxy) is 1. The smallest absolute Gasteiger partial charge is 0.277 e. The zero-order valence-corrected chi connectivity index (χ0v) is 14.1. The fraction of sp³-hybridized carbons (Fsp3) is 0.444. The van der Waals surface area contributed by atoms with Crippen LogP contribution in [0.1, 0.15) is 18.4 Å². The van der Waals surface area contributed by atoms with Crippen LogP contribution < -0.4 is 0 Å². The Labute approximate surface area is 145 Å². The highest BCUT2D eigenvalue weighted by Gasteiger charge is 2.41. The van der Waals surface area contributed by atoms with Crippen LogP contribution in [0.25, 0.3) is 5.57 Å². The molecule has 1 atom stereocenters. The number of aliphatic hydroxyl groups excluding tert-OH is 1. The number of amides is 2. The molecule has 0 spiro atoms. The third kappa shape index (κ3) is 3.43. The molecule has 0 bridgehead atoms. The SMILES string of the molecule is CN(CCO)C1=C(c2ccc(F)cc2)C(=O)N(CC2CCCO2)C1=O. The lowest BCUT2D eigenvalue weighted by molar-refractivity contribution is -0.139. The van der Waals surface area contributed by atoms with E-state index in [2.05, 4.69) is 0 Å². The van der Waals surface area contributed by atoms with Crippen LogP contribution in [0.4, 0.5) is 4.39 Å². The second kappa shape index (κ2) is 7.33. The molecule has 0 aliphatic carbocycles. The van der Waals surface area contributed by atoms with Crippen LogP contribution in [0, 0.1) is 5.82 Å². The quantitative estimate of drug-likeness (QED) is 0.777. The molecule has 1 N–H and O–H groups in total. The van der Waals surface area contributed by atoms with Crippen LogP contribution in [0.2, 0.25) is 0 Å². The highest BCUT2D eigenvalue weighted by molar-refractivity contribution is 6.35. The van der Waals surface area contributed by atoms with Gasteiger partial charge in [-0.3, -0.25) is 14.5 Å². The van der Waals surface area contributed by atoms with Crippen LogP contribution >= 0.6 is 0 Å². The molecule has 2 aliphatic heterocycles. The zero-order valence-electron chi connectivity index (χ0n) is 14.1. The number of carbonyl (C=O) groups is 2. The van der Waals surface area contributed by atoms with E-state index in [0.717, 1.165) is 12.8 Å². The number of hydrogen-bond donors (Lipinski definition) is 1. The summed E-state index contributed by atoms with van der Waals surface area (Å²) in [6.07, 6.45) is 1.58. The van der Waals surface area contributed by atoms with Crippen molar-refractivity contribution >= 4 is 17.4 Å². The third-order valence-electron chi connectivity index (χ3n) is 4.50. The number of benzene rings is 1. The number of aliphatic hydroxyl groups is 1. The molecule has 6 nitrogen and oxygen atoms in total. The minimum atomic E-state index is -0.414. The van der Waals surface area contributed by atoms with E-state index < -0.39 is 17.6 Å². The van der Waals surface area contributed by atoms with E-state index in [0.29, 0.717) is 12.2 Å². The molecule has 0 aromatic heterocycles. The van der Waals surface area contributed by atoms with Crippen molar-refractivity contribution in [3.63, 3.8) is 0 Å². The largest absolute Gasteiger partial charge is 0.395 e. The fourth-order valence-electron chi connectivity index (χ4n) is 3.21. The number of imide groups is 1. The van der Waals surface area contributed by atoms with Gasteiger partial charge in [-0.2, -0.15) is 0 Å². The Kier molecular flexibility index (Phi) is 5.15. The van der Waals surface area contributed by atoms with E-state index in [1.165, 1.54) is 29.2 Å². The molecule has 1 aromatic rings. The summed E-state index contributed by atoms with van der Waals surface area (Å²) in [5.74, 6) is -1.23. The van der Waals surface area contributed by atoms with Crippen LogP contribution in [0.5, 0.6) is 0 Å². The maximum absolute atomic E-state index is 13.2. The molecule has 2 heterocycles. The highest BCUT2D eigenvalue weighted by atomic mass is 19.1. The van der Waals surface area contributed by atoms with Crippen molar-refractivity contribution in [2.24, 2.45) is 0 Å². The zero-order chi connectivity index (χ0) is 18.0. The van der Waals surface area contributed by atoms with Gasteiger partial charge in [0.05, 0.1) is 24.8 Å². The summed E-state index contributed by atoms with van der Waals surface area (Å²) in [5, 5.41) is 9.19. The molecular formula is C18H21FN2O4. The molecule has 1 fully saturated rings. The third-order valence-corrected chi connectivity index (χ3v) is 4.50.